The minimum Gasteiger partial charge on any atom is -0.330 e. The molecule has 80 valence electrons. The molecule has 0 unspecified atom stereocenters. The van der Waals surface area contributed by atoms with Gasteiger partial charge in [-0.05, 0) is 30.3 Å². The standard InChI is InChI=1S/C11H26N2/c1-6-13-9-11(4,5)7-10(2,3)8-12/h13H,6-9,12H2,1-5H3. The predicted octanol–water partition coefficient (Wildman–Crippen LogP) is 2.00. The van der Waals surface area contributed by atoms with Gasteiger partial charge in [0.1, 0.15) is 0 Å². The molecule has 0 aliphatic carbocycles. The first-order valence-corrected chi connectivity index (χ1v) is 5.24. The van der Waals surface area contributed by atoms with E-state index in [0.29, 0.717) is 5.41 Å². The van der Waals surface area contributed by atoms with Gasteiger partial charge < -0.3 is 11.1 Å². The van der Waals surface area contributed by atoms with Crippen molar-refractivity contribution in [3.05, 3.63) is 0 Å². The Morgan fingerprint density at radius 2 is 1.62 bits per heavy atom. The van der Waals surface area contributed by atoms with Gasteiger partial charge in [-0.25, -0.2) is 0 Å². The highest BCUT2D eigenvalue weighted by Gasteiger charge is 2.27. The van der Waals surface area contributed by atoms with E-state index < -0.39 is 0 Å². The van der Waals surface area contributed by atoms with Gasteiger partial charge in [0.15, 0.2) is 0 Å². The summed E-state index contributed by atoms with van der Waals surface area (Å²) in [7, 11) is 0. The summed E-state index contributed by atoms with van der Waals surface area (Å²) in [6.45, 7) is 14.1. The van der Waals surface area contributed by atoms with Crippen LogP contribution in [0, 0.1) is 10.8 Å². The largest absolute Gasteiger partial charge is 0.330 e. The van der Waals surface area contributed by atoms with Crippen LogP contribution >= 0.6 is 0 Å². The number of nitrogens with one attached hydrogen (secondary N) is 1. The number of hydrogen-bond acceptors (Lipinski definition) is 2. The lowest BCUT2D eigenvalue weighted by molar-refractivity contribution is 0.196. The van der Waals surface area contributed by atoms with Gasteiger partial charge in [-0.15, -0.1) is 0 Å². The molecule has 0 aromatic rings. The SMILES string of the molecule is CCNCC(C)(C)CC(C)(C)CN. The molecule has 0 saturated carbocycles. The molecule has 0 aromatic heterocycles. The number of nitrogens with two attached hydrogens (primary N) is 1. The molecular formula is C11H26N2. The summed E-state index contributed by atoms with van der Waals surface area (Å²) in [5.74, 6) is 0. The van der Waals surface area contributed by atoms with Gasteiger partial charge >= 0.3 is 0 Å². The second-order valence-corrected chi connectivity index (χ2v) is 5.49. The van der Waals surface area contributed by atoms with E-state index in [0.717, 1.165) is 19.6 Å². The molecule has 0 aromatic carbocycles. The maximum absolute atomic E-state index is 5.72. The van der Waals surface area contributed by atoms with Crippen molar-refractivity contribution in [3.63, 3.8) is 0 Å². The van der Waals surface area contributed by atoms with E-state index in [-0.39, 0.29) is 5.41 Å². The fraction of sp³-hybridized carbons (Fsp3) is 1.00. The zero-order valence-corrected chi connectivity index (χ0v) is 9.91. The Bertz CT molecular complexity index is 139. The van der Waals surface area contributed by atoms with Gasteiger partial charge in [0.05, 0.1) is 0 Å². The summed E-state index contributed by atoms with van der Waals surface area (Å²) in [5.41, 5.74) is 6.33. The highest BCUT2D eigenvalue weighted by Crippen LogP contribution is 2.32. The van der Waals surface area contributed by atoms with E-state index >= 15 is 0 Å². The molecule has 3 N–H and O–H groups in total. The predicted molar refractivity (Wildman–Crippen MR) is 59.8 cm³/mol. The first-order chi connectivity index (χ1) is 5.83. The van der Waals surface area contributed by atoms with Crippen LogP contribution in [0.1, 0.15) is 41.0 Å². The van der Waals surface area contributed by atoms with Gasteiger partial charge in [0.25, 0.3) is 0 Å². The van der Waals surface area contributed by atoms with Crippen LogP contribution in [-0.2, 0) is 0 Å². The van der Waals surface area contributed by atoms with E-state index in [1.807, 2.05) is 0 Å². The van der Waals surface area contributed by atoms with E-state index in [4.69, 9.17) is 5.73 Å². The van der Waals surface area contributed by atoms with Gasteiger partial charge in [-0.3, -0.25) is 0 Å². The topological polar surface area (TPSA) is 38.0 Å². The van der Waals surface area contributed by atoms with Crippen LogP contribution in [0.5, 0.6) is 0 Å². The normalized spacial score (nSPS) is 13.4. The number of hydrogen-bond donors (Lipinski definition) is 2. The summed E-state index contributed by atoms with van der Waals surface area (Å²) >= 11 is 0. The third-order valence-electron chi connectivity index (χ3n) is 2.36. The van der Waals surface area contributed by atoms with Crippen molar-refractivity contribution < 1.29 is 0 Å². The third-order valence-corrected chi connectivity index (χ3v) is 2.36. The summed E-state index contributed by atoms with van der Waals surface area (Å²) in [5, 5.41) is 3.39. The van der Waals surface area contributed by atoms with Gasteiger partial charge in [-0.1, -0.05) is 34.6 Å². The molecule has 0 atom stereocenters. The smallest absolute Gasteiger partial charge is 0.000261 e. The lowest BCUT2D eigenvalue weighted by atomic mass is 9.75. The first-order valence-electron chi connectivity index (χ1n) is 5.24. The summed E-state index contributed by atoms with van der Waals surface area (Å²) in [6.07, 6.45) is 1.17. The van der Waals surface area contributed by atoms with Crippen molar-refractivity contribution in [3.8, 4) is 0 Å². The summed E-state index contributed by atoms with van der Waals surface area (Å²) in [6, 6.07) is 0. The molecule has 0 aliphatic rings. The molecule has 0 amide bonds. The van der Waals surface area contributed by atoms with Crippen molar-refractivity contribution in [1.82, 2.24) is 5.32 Å². The van der Waals surface area contributed by atoms with Crippen molar-refractivity contribution in [2.45, 2.75) is 41.0 Å². The summed E-state index contributed by atoms with van der Waals surface area (Å²) in [4.78, 5) is 0. The average Bonchev–Trinajstić information content (AvgIpc) is 1.99. The Kier molecular flexibility index (Phi) is 4.93. The molecule has 0 spiro atoms. The number of rotatable bonds is 6. The van der Waals surface area contributed by atoms with Crippen LogP contribution < -0.4 is 11.1 Å². The monoisotopic (exact) mass is 186 g/mol. The van der Waals surface area contributed by atoms with Crippen LogP contribution in [0.4, 0.5) is 0 Å². The van der Waals surface area contributed by atoms with Gasteiger partial charge in [0.2, 0.25) is 0 Å². The van der Waals surface area contributed by atoms with Crippen LogP contribution in [0.2, 0.25) is 0 Å². The van der Waals surface area contributed by atoms with Crippen molar-refractivity contribution in [2.24, 2.45) is 16.6 Å². The lowest BCUT2D eigenvalue weighted by Crippen LogP contribution is -2.36. The molecule has 0 rings (SSSR count). The summed E-state index contributed by atoms with van der Waals surface area (Å²) < 4.78 is 0. The Morgan fingerprint density at radius 1 is 1.08 bits per heavy atom. The minimum atomic E-state index is 0.263. The van der Waals surface area contributed by atoms with Crippen LogP contribution in [-0.4, -0.2) is 19.6 Å². The highest BCUT2D eigenvalue weighted by atomic mass is 14.9. The van der Waals surface area contributed by atoms with Crippen LogP contribution in [0.15, 0.2) is 0 Å². The Labute approximate surface area is 83.3 Å². The van der Waals surface area contributed by atoms with E-state index in [1.165, 1.54) is 6.42 Å². The van der Waals surface area contributed by atoms with E-state index in [2.05, 4.69) is 39.9 Å². The molecule has 0 radical (unpaired) electrons. The molecule has 0 heterocycles. The molecule has 0 fully saturated rings. The lowest BCUT2D eigenvalue weighted by Gasteiger charge is -2.34. The van der Waals surface area contributed by atoms with Crippen molar-refractivity contribution >= 4 is 0 Å². The third kappa shape index (κ3) is 6.05. The van der Waals surface area contributed by atoms with Gasteiger partial charge in [0, 0.05) is 6.54 Å². The quantitative estimate of drug-likeness (QED) is 0.666. The average molecular weight is 186 g/mol. The van der Waals surface area contributed by atoms with Crippen LogP contribution in [0.25, 0.3) is 0 Å². The second kappa shape index (κ2) is 4.97. The van der Waals surface area contributed by atoms with E-state index in [9.17, 15) is 0 Å². The molecule has 2 heteroatoms. The molecule has 13 heavy (non-hydrogen) atoms. The van der Waals surface area contributed by atoms with Gasteiger partial charge in [-0.2, -0.15) is 0 Å². The molecule has 0 bridgehead atoms. The van der Waals surface area contributed by atoms with Crippen molar-refractivity contribution in [2.75, 3.05) is 19.6 Å². The minimum absolute atomic E-state index is 0.263. The zero-order chi connectivity index (χ0) is 10.5. The maximum atomic E-state index is 5.72. The highest BCUT2D eigenvalue weighted by molar-refractivity contribution is 4.81. The Morgan fingerprint density at radius 3 is 2.00 bits per heavy atom. The molecule has 0 saturated heterocycles. The first kappa shape index (κ1) is 12.9. The Hall–Kier alpha value is -0.0800. The molecule has 0 aliphatic heterocycles. The van der Waals surface area contributed by atoms with Crippen molar-refractivity contribution in [1.29, 1.82) is 0 Å². The fourth-order valence-electron chi connectivity index (χ4n) is 1.89. The maximum Gasteiger partial charge on any atom is 0.000261 e. The van der Waals surface area contributed by atoms with E-state index in [1.54, 1.807) is 0 Å². The second-order valence-electron chi connectivity index (χ2n) is 5.49. The zero-order valence-electron chi connectivity index (χ0n) is 9.91. The molecular weight excluding hydrogens is 160 g/mol. The molecule has 2 nitrogen and oxygen atoms in total. The fourth-order valence-corrected chi connectivity index (χ4v) is 1.89. The van der Waals surface area contributed by atoms with Crippen LogP contribution in [0.3, 0.4) is 0 Å². The Balaban J connectivity index is 4.00.